The van der Waals surface area contributed by atoms with Gasteiger partial charge in [0.2, 0.25) is 0 Å². The molecule has 2 fully saturated rings. The first-order valence-corrected chi connectivity index (χ1v) is 10.1. The highest BCUT2D eigenvalue weighted by molar-refractivity contribution is 5.69. The van der Waals surface area contributed by atoms with Crippen LogP contribution in [0.2, 0.25) is 0 Å². The van der Waals surface area contributed by atoms with E-state index in [9.17, 15) is 4.79 Å². The van der Waals surface area contributed by atoms with Gasteiger partial charge in [0.1, 0.15) is 24.6 Å². The molecule has 0 spiro atoms. The van der Waals surface area contributed by atoms with Gasteiger partial charge >= 0.3 is 5.97 Å². The van der Waals surface area contributed by atoms with Crippen LogP contribution >= 0.6 is 0 Å². The van der Waals surface area contributed by atoms with Crippen LogP contribution < -0.4 is 5.32 Å². The number of carbonyl (C=O) groups is 1. The summed E-state index contributed by atoms with van der Waals surface area (Å²) in [7, 11) is 1.85. The lowest BCUT2D eigenvalue weighted by Gasteiger charge is -2.21. The molecule has 1 aliphatic carbocycles. The van der Waals surface area contributed by atoms with E-state index in [-0.39, 0.29) is 18.2 Å². The fourth-order valence-corrected chi connectivity index (χ4v) is 4.31. The van der Waals surface area contributed by atoms with Crippen LogP contribution in [0.3, 0.4) is 0 Å². The summed E-state index contributed by atoms with van der Waals surface area (Å²) >= 11 is 0. The third-order valence-corrected chi connectivity index (χ3v) is 5.77. The van der Waals surface area contributed by atoms with Gasteiger partial charge in [-0.2, -0.15) is 5.10 Å². The van der Waals surface area contributed by atoms with E-state index < -0.39 is 0 Å². The molecule has 0 aromatic carbocycles. The largest absolute Gasteiger partial charge is 0.463 e. The van der Waals surface area contributed by atoms with Gasteiger partial charge in [-0.3, -0.25) is 4.79 Å². The molecule has 1 aliphatic heterocycles. The quantitative estimate of drug-likeness (QED) is 0.782. The van der Waals surface area contributed by atoms with Crippen molar-refractivity contribution in [2.75, 3.05) is 19.0 Å². The first kappa shape index (κ1) is 18.2. The van der Waals surface area contributed by atoms with Gasteiger partial charge in [-0.25, -0.2) is 9.50 Å². The van der Waals surface area contributed by atoms with Crippen molar-refractivity contribution >= 4 is 17.3 Å². The Balaban J connectivity index is 1.31. The normalized spacial score (nSPS) is 23.6. The molecule has 7 nitrogen and oxygen atoms in total. The predicted octanol–water partition coefficient (Wildman–Crippen LogP) is 3.50. The molecule has 4 rings (SSSR count). The van der Waals surface area contributed by atoms with Gasteiger partial charge in [0.05, 0.1) is 11.8 Å². The van der Waals surface area contributed by atoms with Crippen LogP contribution in [0.25, 0.3) is 5.52 Å². The topological polar surface area (TPSA) is 77.8 Å². The second kappa shape index (κ2) is 8.25. The van der Waals surface area contributed by atoms with Gasteiger partial charge < -0.3 is 14.8 Å². The van der Waals surface area contributed by atoms with Gasteiger partial charge in [0.25, 0.3) is 0 Å². The summed E-state index contributed by atoms with van der Waals surface area (Å²) in [6.45, 7) is 0.349. The Labute approximate surface area is 159 Å². The fraction of sp³-hybridized carbons (Fsp3) is 0.650. The average molecular weight is 372 g/mol. The number of ether oxygens (including phenoxy) is 2. The zero-order valence-electron chi connectivity index (χ0n) is 15.9. The van der Waals surface area contributed by atoms with Gasteiger partial charge in [0, 0.05) is 13.5 Å². The standard InChI is InChI=1S/C20H28N4O3/c1-21-20-17-9-8-16(24(17)23-13-22-20)18-10-7-15(27-18)12-26-19(25)11-14-5-3-2-4-6-14/h8-9,13-15,18H,2-7,10-12H2,1H3,(H,21,22,23). The summed E-state index contributed by atoms with van der Waals surface area (Å²) in [5, 5.41) is 7.44. The highest BCUT2D eigenvalue weighted by Gasteiger charge is 2.30. The van der Waals surface area contributed by atoms with Gasteiger partial charge in [0.15, 0.2) is 5.82 Å². The van der Waals surface area contributed by atoms with Gasteiger partial charge in [-0.05, 0) is 43.7 Å². The molecule has 1 N–H and O–H groups in total. The molecule has 2 aromatic heterocycles. The number of nitrogens with one attached hydrogen (secondary N) is 1. The summed E-state index contributed by atoms with van der Waals surface area (Å²) in [6, 6.07) is 4.04. The van der Waals surface area contributed by atoms with Crippen molar-refractivity contribution in [3.8, 4) is 0 Å². The Morgan fingerprint density at radius 2 is 2.11 bits per heavy atom. The zero-order chi connectivity index (χ0) is 18.6. The lowest BCUT2D eigenvalue weighted by molar-refractivity contribution is -0.149. The van der Waals surface area contributed by atoms with E-state index in [2.05, 4.69) is 15.4 Å². The second-order valence-electron chi connectivity index (χ2n) is 7.63. The van der Waals surface area contributed by atoms with E-state index >= 15 is 0 Å². The molecule has 1 saturated carbocycles. The van der Waals surface area contributed by atoms with E-state index in [1.54, 1.807) is 6.33 Å². The Morgan fingerprint density at radius 3 is 2.93 bits per heavy atom. The fourth-order valence-electron chi connectivity index (χ4n) is 4.31. The number of anilines is 1. The zero-order valence-corrected chi connectivity index (χ0v) is 15.9. The molecule has 2 atom stereocenters. The maximum absolute atomic E-state index is 12.1. The highest BCUT2D eigenvalue weighted by atomic mass is 16.6. The number of carbonyl (C=O) groups excluding carboxylic acids is 1. The maximum Gasteiger partial charge on any atom is 0.306 e. The summed E-state index contributed by atoms with van der Waals surface area (Å²) in [5.74, 6) is 1.23. The van der Waals surface area contributed by atoms with Crippen molar-refractivity contribution in [1.29, 1.82) is 0 Å². The molecule has 7 heteroatoms. The SMILES string of the molecule is CNc1ncnn2c(C3CCC(COC(=O)CC4CCCCC4)O3)ccc12. The molecule has 146 valence electrons. The minimum Gasteiger partial charge on any atom is -0.463 e. The Morgan fingerprint density at radius 1 is 1.26 bits per heavy atom. The number of hydrogen-bond donors (Lipinski definition) is 1. The number of hydrogen-bond acceptors (Lipinski definition) is 6. The molecule has 2 unspecified atom stereocenters. The molecular formula is C20H28N4O3. The first-order valence-electron chi connectivity index (χ1n) is 10.1. The van der Waals surface area contributed by atoms with E-state index in [1.807, 2.05) is 23.7 Å². The number of aromatic nitrogens is 3. The van der Waals surface area contributed by atoms with Crippen LogP contribution in [0.15, 0.2) is 18.5 Å². The minimum absolute atomic E-state index is 0.0332. The average Bonchev–Trinajstić information content (AvgIpc) is 3.33. The van der Waals surface area contributed by atoms with Gasteiger partial charge in [-0.15, -0.1) is 0 Å². The molecule has 3 heterocycles. The molecule has 0 radical (unpaired) electrons. The van der Waals surface area contributed by atoms with Crippen molar-refractivity contribution in [1.82, 2.24) is 14.6 Å². The molecule has 2 aromatic rings. The van der Waals surface area contributed by atoms with E-state index in [1.165, 1.54) is 19.3 Å². The summed E-state index contributed by atoms with van der Waals surface area (Å²) in [4.78, 5) is 16.4. The van der Waals surface area contributed by atoms with Crippen molar-refractivity contribution < 1.29 is 14.3 Å². The molecular weight excluding hydrogens is 344 g/mol. The second-order valence-corrected chi connectivity index (χ2v) is 7.63. The monoisotopic (exact) mass is 372 g/mol. The minimum atomic E-state index is -0.0755. The molecule has 27 heavy (non-hydrogen) atoms. The number of rotatable bonds is 6. The van der Waals surface area contributed by atoms with E-state index in [0.717, 1.165) is 42.7 Å². The van der Waals surface area contributed by atoms with E-state index in [0.29, 0.717) is 18.9 Å². The van der Waals surface area contributed by atoms with Crippen LogP contribution in [0, 0.1) is 5.92 Å². The highest BCUT2D eigenvalue weighted by Crippen LogP contribution is 2.34. The third kappa shape index (κ3) is 4.08. The first-order chi connectivity index (χ1) is 13.2. The smallest absolute Gasteiger partial charge is 0.306 e. The number of esters is 1. The summed E-state index contributed by atoms with van der Waals surface area (Å²) in [6.07, 6.45) is 9.93. The lowest BCUT2D eigenvalue weighted by atomic mass is 9.87. The maximum atomic E-state index is 12.1. The Hall–Kier alpha value is -2.15. The summed E-state index contributed by atoms with van der Waals surface area (Å²) in [5.41, 5.74) is 1.95. The Kier molecular flexibility index (Phi) is 5.57. The van der Waals surface area contributed by atoms with Crippen molar-refractivity contribution in [3.63, 3.8) is 0 Å². The van der Waals surface area contributed by atoms with Crippen molar-refractivity contribution in [2.45, 2.75) is 63.6 Å². The summed E-state index contributed by atoms with van der Waals surface area (Å²) < 4.78 is 13.5. The van der Waals surface area contributed by atoms with Crippen LogP contribution in [0.1, 0.15) is 63.2 Å². The third-order valence-electron chi connectivity index (χ3n) is 5.77. The number of nitrogens with zero attached hydrogens (tertiary/aromatic N) is 3. The molecule has 2 aliphatic rings. The Bertz CT molecular complexity index is 785. The van der Waals surface area contributed by atoms with Crippen molar-refractivity contribution in [3.05, 3.63) is 24.2 Å². The van der Waals surface area contributed by atoms with Gasteiger partial charge in [-0.1, -0.05) is 19.3 Å². The predicted molar refractivity (Wildman–Crippen MR) is 102 cm³/mol. The molecule has 1 saturated heterocycles. The van der Waals surface area contributed by atoms with Crippen LogP contribution in [-0.2, 0) is 14.3 Å². The van der Waals surface area contributed by atoms with Crippen molar-refractivity contribution in [2.24, 2.45) is 5.92 Å². The van der Waals surface area contributed by atoms with Crippen LogP contribution in [-0.4, -0.2) is 40.3 Å². The molecule has 0 bridgehead atoms. The van der Waals surface area contributed by atoms with E-state index in [4.69, 9.17) is 9.47 Å². The van der Waals surface area contributed by atoms with Crippen LogP contribution in [0.4, 0.5) is 5.82 Å². The van der Waals surface area contributed by atoms with Crippen LogP contribution in [0.5, 0.6) is 0 Å². The lowest BCUT2D eigenvalue weighted by Crippen LogP contribution is -2.21. The number of fused-ring (bicyclic) bond motifs is 1. The molecule has 0 amide bonds.